The summed E-state index contributed by atoms with van der Waals surface area (Å²) in [6.07, 6.45) is -0.736. The summed E-state index contributed by atoms with van der Waals surface area (Å²) < 4.78 is 7.59. The molecule has 2 aliphatic rings. The van der Waals surface area contributed by atoms with E-state index in [1.165, 1.54) is 21.3 Å². The van der Waals surface area contributed by atoms with E-state index in [9.17, 15) is 14.4 Å². The number of benzene rings is 2. The van der Waals surface area contributed by atoms with E-state index in [1.807, 2.05) is 66.7 Å². The van der Waals surface area contributed by atoms with Crippen molar-refractivity contribution in [3.63, 3.8) is 0 Å². The Kier molecular flexibility index (Phi) is 8.51. The highest BCUT2D eigenvalue weighted by molar-refractivity contribution is 8.00. The van der Waals surface area contributed by atoms with Gasteiger partial charge in [-0.25, -0.2) is 9.48 Å². The first-order chi connectivity index (χ1) is 19.9. The van der Waals surface area contributed by atoms with Gasteiger partial charge in [-0.1, -0.05) is 67.2 Å². The number of hydrogen-bond donors (Lipinski definition) is 1. The molecule has 1 N–H and O–H groups in total. The fourth-order valence-electron chi connectivity index (χ4n) is 4.61. The second-order valence-corrected chi connectivity index (χ2v) is 11.2. The number of allylic oxidation sites excluding steroid dienone is 1. The zero-order chi connectivity index (χ0) is 28.9. The molecule has 2 aromatic carbocycles. The van der Waals surface area contributed by atoms with E-state index >= 15 is 0 Å². The van der Waals surface area contributed by atoms with E-state index < -0.39 is 29.4 Å². The van der Waals surface area contributed by atoms with Crippen molar-refractivity contribution in [3.8, 4) is 6.07 Å². The summed E-state index contributed by atoms with van der Waals surface area (Å²) in [5, 5.41) is 22.5. The largest absolute Gasteiger partial charge is 0.448 e. The number of fused-ring (bicyclic) bond motifs is 1. The van der Waals surface area contributed by atoms with Crippen LogP contribution in [0, 0.1) is 11.3 Å². The first-order valence-corrected chi connectivity index (χ1v) is 14.8. The van der Waals surface area contributed by atoms with Crippen LogP contribution in [-0.4, -0.2) is 71.6 Å². The fourth-order valence-corrected chi connectivity index (χ4v) is 6.46. The van der Waals surface area contributed by atoms with Crippen molar-refractivity contribution >= 4 is 46.9 Å². The molecule has 0 saturated carbocycles. The normalized spacial score (nSPS) is 17.9. The maximum Gasteiger partial charge on any atom is 0.356 e. The number of carbonyl (C=O) groups is 3. The minimum absolute atomic E-state index is 0.0490. The summed E-state index contributed by atoms with van der Waals surface area (Å²) in [7, 11) is 1.66. The van der Waals surface area contributed by atoms with Crippen molar-refractivity contribution in [1.29, 1.82) is 5.26 Å². The molecule has 2 aliphatic heterocycles. The molecule has 41 heavy (non-hydrogen) atoms. The molecule has 1 fully saturated rings. The molecule has 1 saturated heterocycles. The summed E-state index contributed by atoms with van der Waals surface area (Å²) in [5.41, 5.74) is 2.44. The minimum Gasteiger partial charge on any atom is -0.448 e. The lowest BCUT2D eigenvalue weighted by molar-refractivity contribution is -0.154. The van der Waals surface area contributed by atoms with Crippen molar-refractivity contribution in [1.82, 2.24) is 30.4 Å². The van der Waals surface area contributed by atoms with Crippen LogP contribution in [0.5, 0.6) is 0 Å². The van der Waals surface area contributed by atoms with Crippen LogP contribution in [0.3, 0.4) is 0 Å². The standard InChI is InChI=1S/C28H25N7O4S2/c1-17(25-31-32-33-34(25)2)20-15-41-27-22(30-21(36)16-40-14-13-29)26(37)35(27)23(20)28(38)39-24(18-9-5-3-6-10-18)19-11-7-4-8-12-19/h3-12,22,24,27H,1,14-16H2,2H3,(H,30,36)/t22?,27-/m1/s1. The number of hydrogen-bond acceptors (Lipinski definition) is 10. The molecular weight excluding hydrogens is 562 g/mol. The van der Waals surface area contributed by atoms with Crippen molar-refractivity contribution in [3.05, 3.63) is 95.5 Å². The molecule has 5 rings (SSSR count). The van der Waals surface area contributed by atoms with E-state index in [-0.39, 0.29) is 23.1 Å². The van der Waals surface area contributed by atoms with Crippen LogP contribution in [0.4, 0.5) is 0 Å². The predicted octanol–water partition coefficient (Wildman–Crippen LogP) is 2.47. The average molecular weight is 588 g/mol. The zero-order valence-electron chi connectivity index (χ0n) is 22.0. The third-order valence-corrected chi connectivity index (χ3v) is 8.64. The first-order valence-electron chi connectivity index (χ1n) is 12.6. The van der Waals surface area contributed by atoms with E-state index in [2.05, 4.69) is 27.4 Å². The van der Waals surface area contributed by atoms with Gasteiger partial charge in [-0.3, -0.25) is 14.5 Å². The molecule has 1 unspecified atom stereocenters. The summed E-state index contributed by atoms with van der Waals surface area (Å²) in [6.45, 7) is 4.15. The maximum absolute atomic E-state index is 14.1. The van der Waals surface area contributed by atoms with Crippen molar-refractivity contribution in [2.24, 2.45) is 7.05 Å². The van der Waals surface area contributed by atoms with Crippen LogP contribution in [0.25, 0.3) is 5.57 Å². The Balaban J connectivity index is 1.48. The number of ether oxygens (including phenoxy) is 1. The zero-order valence-corrected chi connectivity index (χ0v) is 23.6. The molecule has 208 valence electrons. The Hall–Kier alpha value is -4.41. The van der Waals surface area contributed by atoms with Gasteiger partial charge in [-0.2, -0.15) is 5.26 Å². The molecule has 2 amide bonds. The molecule has 1 aromatic heterocycles. The maximum atomic E-state index is 14.1. The molecule has 13 heteroatoms. The Morgan fingerprint density at radius 3 is 2.44 bits per heavy atom. The van der Waals surface area contributed by atoms with Gasteiger partial charge in [0.25, 0.3) is 5.91 Å². The number of carbonyl (C=O) groups excluding carboxylic acids is 3. The van der Waals surface area contributed by atoms with Gasteiger partial charge in [-0.05, 0) is 21.6 Å². The fraction of sp³-hybridized carbons (Fsp3) is 0.250. The van der Waals surface area contributed by atoms with Crippen LogP contribution in [0.15, 0.2) is 78.5 Å². The number of nitrogens with zero attached hydrogens (tertiary/aromatic N) is 6. The van der Waals surface area contributed by atoms with Gasteiger partial charge in [0.1, 0.15) is 17.1 Å². The van der Waals surface area contributed by atoms with Gasteiger partial charge in [0.2, 0.25) is 5.91 Å². The smallest absolute Gasteiger partial charge is 0.356 e. The van der Waals surface area contributed by atoms with Crippen LogP contribution >= 0.6 is 23.5 Å². The van der Waals surface area contributed by atoms with Crippen LogP contribution in [0.2, 0.25) is 0 Å². The average Bonchev–Trinajstić information content (AvgIpc) is 3.44. The monoisotopic (exact) mass is 587 g/mol. The molecule has 3 aromatic rings. The van der Waals surface area contributed by atoms with Gasteiger partial charge in [0.15, 0.2) is 11.9 Å². The number of nitriles is 1. The van der Waals surface area contributed by atoms with Crippen molar-refractivity contribution < 1.29 is 19.1 Å². The SMILES string of the molecule is C=C(C1=C(C(=O)OC(c2ccccc2)c2ccccc2)N2C(=O)C(NC(=O)CSCC#N)[C@H]2SC1)c1nnnn1C. The number of tetrazole rings is 1. The lowest BCUT2D eigenvalue weighted by atomic mass is 9.98. The second-order valence-electron chi connectivity index (χ2n) is 9.14. The van der Waals surface area contributed by atoms with Crippen molar-refractivity contribution in [2.45, 2.75) is 17.5 Å². The number of rotatable bonds is 10. The van der Waals surface area contributed by atoms with Crippen LogP contribution < -0.4 is 5.32 Å². The molecular formula is C28H25N7O4S2. The van der Waals surface area contributed by atoms with Gasteiger partial charge in [0.05, 0.1) is 17.6 Å². The van der Waals surface area contributed by atoms with Gasteiger partial charge in [-0.15, -0.1) is 28.6 Å². The lowest BCUT2D eigenvalue weighted by Gasteiger charge is -2.50. The number of amides is 2. The molecule has 3 heterocycles. The highest BCUT2D eigenvalue weighted by Gasteiger charge is 2.55. The van der Waals surface area contributed by atoms with Crippen LogP contribution in [-0.2, 0) is 26.2 Å². The van der Waals surface area contributed by atoms with Crippen molar-refractivity contribution in [2.75, 3.05) is 17.3 Å². The Bertz CT molecular complexity index is 1510. The second kappa shape index (κ2) is 12.4. The number of aryl methyl sites for hydroxylation is 1. The highest BCUT2D eigenvalue weighted by Crippen LogP contribution is 2.44. The van der Waals surface area contributed by atoms with Gasteiger partial charge in [0, 0.05) is 23.9 Å². The molecule has 2 atom stereocenters. The number of esters is 1. The molecule has 0 radical (unpaired) electrons. The quantitative estimate of drug-likeness (QED) is 0.213. The van der Waals surface area contributed by atoms with E-state index in [1.54, 1.807) is 7.05 Å². The minimum atomic E-state index is -0.816. The third-order valence-electron chi connectivity index (χ3n) is 6.56. The molecule has 0 aliphatic carbocycles. The number of nitrogens with one attached hydrogen (secondary N) is 1. The summed E-state index contributed by atoms with van der Waals surface area (Å²) in [5.74, 6) is -0.628. The third kappa shape index (κ3) is 5.75. The molecule has 11 nitrogen and oxygen atoms in total. The highest BCUT2D eigenvalue weighted by atomic mass is 32.2. The Morgan fingerprint density at radius 1 is 1.20 bits per heavy atom. The predicted molar refractivity (Wildman–Crippen MR) is 154 cm³/mol. The summed E-state index contributed by atoms with van der Waals surface area (Å²) >= 11 is 2.55. The molecule has 0 bridgehead atoms. The van der Waals surface area contributed by atoms with E-state index in [0.29, 0.717) is 22.7 Å². The topological polar surface area (TPSA) is 143 Å². The Labute approximate surface area is 244 Å². The Morgan fingerprint density at radius 2 is 1.85 bits per heavy atom. The lowest BCUT2D eigenvalue weighted by Crippen LogP contribution is -2.70. The number of β-lactam (4-membered cyclic amide) rings is 1. The number of aromatic nitrogens is 4. The van der Waals surface area contributed by atoms with Gasteiger partial charge < -0.3 is 10.1 Å². The van der Waals surface area contributed by atoms with Gasteiger partial charge >= 0.3 is 5.97 Å². The first kappa shape index (κ1) is 28.1. The van der Waals surface area contributed by atoms with E-state index in [0.717, 1.165) is 22.9 Å². The number of thioether (sulfide) groups is 2. The molecule has 0 spiro atoms. The van der Waals surface area contributed by atoms with E-state index in [4.69, 9.17) is 10.00 Å². The summed E-state index contributed by atoms with van der Waals surface area (Å²) in [4.78, 5) is 41.3. The summed E-state index contributed by atoms with van der Waals surface area (Å²) in [6, 6.07) is 19.8. The van der Waals surface area contributed by atoms with Crippen LogP contribution in [0.1, 0.15) is 23.1 Å².